The van der Waals surface area contributed by atoms with Crippen LogP contribution in [0.5, 0.6) is 0 Å². The fraction of sp³-hybridized carbons (Fsp3) is 0.846. The normalized spacial score (nSPS) is 16.8. The number of aliphatic carboxylic acids is 1. The van der Waals surface area contributed by atoms with Crippen molar-refractivity contribution in [2.45, 2.75) is 57.9 Å². The zero-order chi connectivity index (χ0) is 13.6. The molecule has 0 aromatic rings. The van der Waals surface area contributed by atoms with Crippen LogP contribution in [-0.4, -0.2) is 40.6 Å². The van der Waals surface area contributed by atoms with Gasteiger partial charge >= 0.3 is 12.0 Å². The standard InChI is InChI=1S/C13H24N2O3/c1-3-8-15(9-4-2)12(18)14-13(6-5-7-13)10-11(16)17/h3-10H2,1-2H3,(H,14,18)(H,16,17). The van der Waals surface area contributed by atoms with Crippen LogP contribution < -0.4 is 5.32 Å². The van der Waals surface area contributed by atoms with Crippen LogP contribution in [0.25, 0.3) is 0 Å². The first-order valence-corrected chi connectivity index (χ1v) is 6.82. The first-order chi connectivity index (χ1) is 8.53. The van der Waals surface area contributed by atoms with Gasteiger partial charge in [-0.25, -0.2) is 4.79 Å². The van der Waals surface area contributed by atoms with Crippen LogP contribution in [0.1, 0.15) is 52.4 Å². The van der Waals surface area contributed by atoms with Crippen molar-refractivity contribution < 1.29 is 14.7 Å². The smallest absolute Gasteiger partial charge is 0.317 e. The molecular formula is C13H24N2O3. The molecule has 0 aromatic carbocycles. The van der Waals surface area contributed by atoms with Gasteiger partial charge in [0.25, 0.3) is 0 Å². The largest absolute Gasteiger partial charge is 0.481 e. The quantitative estimate of drug-likeness (QED) is 0.733. The number of hydrogen-bond acceptors (Lipinski definition) is 2. The Morgan fingerprint density at radius 1 is 1.22 bits per heavy atom. The highest BCUT2D eigenvalue weighted by Gasteiger charge is 2.41. The Hall–Kier alpha value is -1.26. The topological polar surface area (TPSA) is 69.6 Å². The zero-order valence-electron chi connectivity index (χ0n) is 11.4. The van der Waals surface area contributed by atoms with E-state index in [1.54, 1.807) is 4.90 Å². The van der Waals surface area contributed by atoms with Crippen LogP contribution in [-0.2, 0) is 4.79 Å². The predicted molar refractivity (Wildman–Crippen MR) is 69.5 cm³/mol. The minimum atomic E-state index is -0.840. The molecule has 2 amide bonds. The second-order valence-electron chi connectivity index (χ2n) is 5.12. The van der Waals surface area contributed by atoms with Crippen molar-refractivity contribution in [1.82, 2.24) is 10.2 Å². The van der Waals surface area contributed by atoms with Gasteiger partial charge < -0.3 is 15.3 Å². The monoisotopic (exact) mass is 256 g/mol. The van der Waals surface area contributed by atoms with E-state index >= 15 is 0 Å². The van der Waals surface area contributed by atoms with Crippen molar-refractivity contribution in [1.29, 1.82) is 0 Å². The van der Waals surface area contributed by atoms with E-state index in [-0.39, 0.29) is 12.5 Å². The Kier molecular flexibility index (Phi) is 5.44. The molecule has 0 heterocycles. The zero-order valence-corrected chi connectivity index (χ0v) is 11.4. The van der Waals surface area contributed by atoms with Gasteiger partial charge in [0.2, 0.25) is 0 Å². The number of carboxylic acid groups (broad SMARTS) is 1. The van der Waals surface area contributed by atoms with Crippen LogP contribution in [0.4, 0.5) is 4.79 Å². The first-order valence-electron chi connectivity index (χ1n) is 6.82. The molecule has 0 saturated heterocycles. The lowest BCUT2D eigenvalue weighted by atomic mass is 9.74. The Balaban J connectivity index is 2.57. The van der Waals surface area contributed by atoms with E-state index in [1.165, 1.54) is 0 Å². The highest BCUT2D eigenvalue weighted by atomic mass is 16.4. The predicted octanol–water partition coefficient (Wildman–Crippen LogP) is 2.22. The van der Waals surface area contributed by atoms with E-state index in [9.17, 15) is 9.59 Å². The van der Waals surface area contributed by atoms with E-state index in [4.69, 9.17) is 5.11 Å². The summed E-state index contributed by atoms with van der Waals surface area (Å²) in [6.45, 7) is 5.52. The SMILES string of the molecule is CCCN(CCC)C(=O)NC1(CC(=O)O)CCC1. The number of carbonyl (C=O) groups is 2. The average molecular weight is 256 g/mol. The van der Waals surface area contributed by atoms with E-state index in [2.05, 4.69) is 5.32 Å². The number of carbonyl (C=O) groups excluding carboxylic acids is 1. The summed E-state index contributed by atoms with van der Waals surface area (Å²) in [5, 5.41) is 11.8. The number of amides is 2. The molecule has 1 fully saturated rings. The Morgan fingerprint density at radius 2 is 1.78 bits per heavy atom. The lowest BCUT2D eigenvalue weighted by molar-refractivity contribution is -0.139. The highest BCUT2D eigenvalue weighted by Crippen LogP contribution is 2.35. The molecule has 2 N–H and O–H groups in total. The van der Waals surface area contributed by atoms with E-state index in [0.717, 1.165) is 45.2 Å². The molecule has 0 aliphatic heterocycles. The summed E-state index contributed by atoms with van der Waals surface area (Å²) in [5.74, 6) is -0.840. The highest BCUT2D eigenvalue weighted by molar-refractivity contribution is 5.77. The average Bonchev–Trinajstić information content (AvgIpc) is 2.25. The molecule has 0 aromatic heterocycles. The van der Waals surface area contributed by atoms with Crippen LogP contribution in [0, 0.1) is 0 Å². The number of carboxylic acids is 1. The molecule has 0 radical (unpaired) electrons. The van der Waals surface area contributed by atoms with Crippen molar-refractivity contribution in [3.8, 4) is 0 Å². The van der Waals surface area contributed by atoms with Crippen molar-refractivity contribution in [2.75, 3.05) is 13.1 Å². The number of rotatable bonds is 7. The second kappa shape index (κ2) is 6.61. The molecule has 1 saturated carbocycles. The van der Waals surface area contributed by atoms with Gasteiger partial charge in [-0.2, -0.15) is 0 Å². The fourth-order valence-electron chi connectivity index (χ4n) is 2.40. The molecular weight excluding hydrogens is 232 g/mol. The molecule has 1 rings (SSSR count). The number of nitrogens with zero attached hydrogens (tertiary/aromatic N) is 1. The summed E-state index contributed by atoms with van der Waals surface area (Å²) in [7, 11) is 0. The third kappa shape index (κ3) is 3.89. The van der Waals surface area contributed by atoms with E-state index < -0.39 is 11.5 Å². The first kappa shape index (κ1) is 14.8. The molecule has 1 aliphatic carbocycles. The summed E-state index contributed by atoms with van der Waals surface area (Å²) < 4.78 is 0. The number of nitrogens with one attached hydrogen (secondary N) is 1. The summed E-state index contributed by atoms with van der Waals surface area (Å²) in [6, 6.07) is -0.111. The van der Waals surface area contributed by atoms with Crippen molar-refractivity contribution in [2.24, 2.45) is 0 Å². The van der Waals surface area contributed by atoms with Crippen molar-refractivity contribution >= 4 is 12.0 Å². The minimum absolute atomic E-state index is 0.0326. The summed E-state index contributed by atoms with van der Waals surface area (Å²) >= 11 is 0. The van der Waals surface area contributed by atoms with Crippen LogP contribution in [0.3, 0.4) is 0 Å². The Morgan fingerprint density at radius 3 is 2.11 bits per heavy atom. The Labute approximate surface area is 109 Å². The van der Waals surface area contributed by atoms with Gasteiger partial charge in [0.1, 0.15) is 0 Å². The molecule has 5 nitrogen and oxygen atoms in total. The Bertz CT molecular complexity index is 295. The maximum atomic E-state index is 12.1. The van der Waals surface area contributed by atoms with Crippen molar-refractivity contribution in [3.05, 3.63) is 0 Å². The van der Waals surface area contributed by atoms with Gasteiger partial charge in [0, 0.05) is 13.1 Å². The number of hydrogen-bond donors (Lipinski definition) is 2. The van der Waals surface area contributed by atoms with Crippen LogP contribution >= 0.6 is 0 Å². The summed E-state index contributed by atoms with van der Waals surface area (Å²) in [5.41, 5.74) is -0.497. The van der Waals surface area contributed by atoms with Gasteiger partial charge in [-0.15, -0.1) is 0 Å². The lowest BCUT2D eigenvalue weighted by Crippen LogP contribution is -2.58. The van der Waals surface area contributed by atoms with E-state index in [0.29, 0.717) is 0 Å². The molecule has 0 atom stereocenters. The summed E-state index contributed by atoms with van der Waals surface area (Å²) in [4.78, 5) is 24.8. The third-order valence-corrected chi connectivity index (χ3v) is 3.45. The maximum absolute atomic E-state index is 12.1. The molecule has 18 heavy (non-hydrogen) atoms. The molecule has 0 bridgehead atoms. The maximum Gasteiger partial charge on any atom is 0.317 e. The molecule has 0 unspecified atom stereocenters. The molecule has 104 valence electrons. The summed E-state index contributed by atoms with van der Waals surface area (Å²) in [6.07, 6.45) is 4.41. The minimum Gasteiger partial charge on any atom is -0.481 e. The van der Waals surface area contributed by atoms with Gasteiger partial charge in [0.15, 0.2) is 0 Å². The van der Waals surface area contributed by atoms with Crippen LogP contribution in [0.15, 0.2) is 0 Å². The fourth-order valence-corrected chi connectivity index (χ4v) is 2.40. The van der Waals surface area contributed by atoms with Gasteiger partial charge in [-0.1, -0.05) is 13.8 Å². The molecule has 1 aliphatic rings. The number of urea groups is 1. The van der Waals surface area contributed by atoms with Crippen molar-refractivity contribution in [3.63, 3.8) is 0 Å². The lowest BCUT2D eigenvalue weighted by Gasteiger charge is -2.42. The van der Waals surface area contributed by atoms with Gasteiger partial charge in [-0.3, -0.25) is 4.79 Å². The van der Waals surface area contributed by atoms with Gasteiger partial charge in [0.05, 0.1) is 12.0 Å². The molecule has 5 heteroatoms. The van der Waals surface area contributed by atoms with Crippen LogP contribution in [0.2, 0.25) is 0 Å². The van der Waals surface area contributed by atoms with E-state index in [1.807, 2.05) is 13.8 Å². The third-order valence-electron chi connectivity index (χ3n) is 3.45. The molecule has 0 spiro atoms. The second-order valence-corrected chi connectivity index (χ2v) is 5.12. The van der Waals surface area contributed by atoms with Gasteiger partial charge in [-0.05, 0) is 32.1 Å².